The molecule has 0 rings (SSSR count). The van der Waals surface area contributed by atoms with Crippen molar-refractivity contribution >= 4 is 39.5 Å². The largest absolute Gasteiger partial charge is 0.472 e. The third-order valence-corrected chi connectivity index (χ3v) is 17.6. The molecule has 0 spiro atoms. The number of aliphatic hydroxyl groups is 1. The molecule has 0 saturated heterocycles. The van der Waals surface area contributed by atoms with Crippen LogP contribution in [0.2, 0.25) is 0 Å². The van der Waals surface area contributed by atoms with E-state index in [2.05, 4.69) is 137 Å². The monoisotopic (exact) mass is 1420 g/mol. The number of hydrogen-bond donors (Lipinski definition) is 3. The number of ether oxygens (including phenoxy) is 4. The topological polar surface area (TPSA) is 237 Å². The zero-order chi connectivity index (χ0) is 71.8. The Labute approximate surface area is 594 Å². The molecule has 0 radical (unpaired) electrons. The van der Waals surface area contributed by atoms with Crippen molar-refractivity contribution in [3.8, 4) is 0 Å². The van der Waals surface area contributed by atoms with E-state index < -0.39 is 97.5 Å². The summed E-state index contributed by atoms with van der Waals surface area (Å²) in [6.07, 6.45) is 75.1. The average molecular weight is 1420 g/mol. The van der Waals surface area contributed by atoms with Crippen LogP contribution in [-0.4, -0.2) is 96.7 Å². The summed E-state index contributed by atoms with van der Waals surface area (Å²) in [6.45, 7) is 4.56. The van der Waals surface area contributed by atoms with Crippen LogP contribution in [0.1, 0.15) is 310 Å². The van der Waals surface area contributed by atoms with E-state index in [-0.39, 0.29) is 25.7 Å². The smallest absolute Gasteiger partial charge is 0.462 e. The van der Waals surface area contributed by atoms with Gasteiger partial charge in [-0.05, 0) is 128 Å². The van der Waals surface area contributed by atoms with Gasteiger partial charge in [0.15, 0.2) is 12.2 Å². The molecule has 98 heavy (non-hydrogen) atoms. The van der Waals surface area contributed by atoms with Crippen molar-refractivity contribution in [2.24, 2.45) is 0 Å². The highest BCUT2D eigenvalue weighted by molar-refractivity contribution is 7.47. The van der Waals surface area contributed by atoms with Crippen molar-refractivity contribution in [1.29, 1.82) is 0 Å². The third kappa shape index (κ3) is 70.2. The molecule has 0 aliphatic rings. The number of hydrogen-bond acceptors (Lipinski definition) is 15. The molecule has 0 aliphatic carbocycles. The molecule has 0 aromatic carbocycles. The second-order valence-corrected chi connectivity index (χ2v) is 28.1. The molecular formula is C79H136O17P2. The van der Waals surface area contributed by atoms with Crippen LogP contribution in [0.3, 0.4) is 0 Å². The zero-order valence-corrected chi connectivity index (χ0v) is 63.2. The van der Waals surface area contributed by atoms with Crippen LogP contribution in [0.15, 0.2) is 109 Å². The Morgan fingerprint density at radius 2 is 0.531 bits per heavy atom. The molecule has 5 atom stereocenters. The van der Waals surface area contributed by atoms with Crippen molar-refractivity contribution in [3.05, 3.63) is 109 Å². The second kappa shape index (κ2) is 71.1. The van der Waals surface area contributed by atoms with Gasteiger partial charge in [0.25, 0.3) is 0 Å². The lowest BCUT2D eigenvalue weighted by molar-refractivity contribution is -0.161. The molecular weight excluding hydrogens is 1280 g/mol. The summed E-state index contributed by atoms with van der Waals surface area (Å²) in [4.78, 5) is 72.8. The maximum atomic E-state index is 13.1. The molecule has 0 heterocycles. The Hall–Kier alpha value is -4.28. The Morgan fingerprint density at radius 1 is 0.296 bits per heavy atom. The SMILES string of the molecule is CC/C=C\C/C=C\C/C=C\C/C=C\CCCCCCC(=O)OCC(COP(=O)(O)OCC(O)COP(=O)(O)OCC(COC(=O)CCCCCCC/C=C\C/C=C\C/C=C\CC)OC(=O)CCCCCCC/C=C\C/C=C\CCCCC)OC(=O)CCCCCCCCCCCCC. The lowest BCUT2D eigenvalue weighted by Crippen LogP contribution is -2.30. The van der Waals surface area contributed by atoms with Gasteiger partial charge in [-0.25, -0.2) is 9.13 Å². The first kappa shape index (κ1) is 93.7. The summed E-state index contributed by atoms with van der Waals surface area (Å²) in [5.74, 6) is -2.23. The van der Waals surface area contributed by atoms with Gasteiger partial charge in [0.2, 0.25) is 0 Å². The number of aliphatic hydroxyl groups excluding tert-OH is 1. The van der Waals surface area contributed by atoms with Gasteiger partial charge >= 0.3 is 39.5 Å². The highest BCUT2D eigenvalue weighted by Crippen LogP contribution is 2.45. The van der Waals surface area contributed by atoms with E-state index in [4.69, 9.17) is 37.0 Å². The fourth-order valence-electron chi connectivity index (χ4n) is 9.96. The first-order valence-corrected chi connectivity index (χ1v) is 41.1. The number of unbranched alkanes of at least 4 members (excludes halogenated alkanes) is 27. The number of rotatable bonds is 71. The van der Waals surface area contributed by atoms with Gasteiger partial charge in [-0.3, -0.25) is 37.3 Å². The molecule has 0 aromatic heterocycles. The average Bonchev–Trinajstić information content (AvgIpc) is 0.986. The van der Waals surface area contributed by atoms with Crippen LogP contribution >= 0.6 is 15.6 Å². The Balaban J connectivity index is 5.36. The molecule has 564 valence electrons. The van der Waals surface area contributed by atoms with Crippen molar-refractivity contribution in [2.75, 3.05) is 39.6 Å². The minimum absolute atomic E-state index is 0.0741. The predicted octanol–water partition coefficient (Wildman–Crippen LogP) is 21.8. The van der Waals surface area contributed by atoms with Gasteiger partial charge in [-0.2, -0.15) is 0 Å². The van der Waals surface area contributed by atoms with Crippen LogP contribution in [0.5, 0.6) is 0 Å². The summed E-state index contributed by atoms with van der Waals surface area (Å²) in [6, 6.07) is 0. The number of allylic oxidation sites excluding steroid dienone is 18. The van der Waals surface area contributed by atoms with E-state index in [1.807, 2.05) is 0 Å². The van der Waals surface area contributed by atoms with Crippen LogP contribution in [0.25, 0.3) is 0 Å². The minimum atomic E-state index is -4.98. The maximum Gasteiger partial charge on any atom is 0.472 e. The summed E-state index contributed by atoms with van der Waals surface area (Å²) >= 11 is 0. The Morgan fingerprint density at radius 3 is 0.837 bits per heavy atom. The van der Waals surface area contributed by atoms with Gasteiger partial charge < -0.3 is 33.8 Å². The number of carbonyl (C=O) groups excluding carboxylic acids is 4. The van der Waals surface area contributed by atoms with Crippen LogP contribution in [-0.2, 0) is 65.4 Å². The first-order chi connectivity index (χ1) is 47.7. The minimum Gasteiger partial charge on any atom is -0.462 e. The predicted molar refractivity (Wildman–Crippen MR) is 399 cm³/mol. The van der Waals surface area contributed by atoms with Gasteiger partial charge in [-0.15, -0.1) is 0 Å². The van der Waals surface area contributed by atoms with Crippen LogP contribution < -0.4 is 0 Å². The quantitative estimate of drug-likeness (QED) is 0.0169. The molecule has 3 N–H and O–H groups in total. The van der Waals surface area contributed by atoms with Crippen molar-refractivity contribution in [2.45, 2.75) is 329 Å². The molecule has 0 saturated carbocycles. The molecule has 5 unspecified atom stereocenters. The van der Waals surface area contributed by atoms with E-state index in [1.165, 1.54) is 57.8 Å². The highest BCUT2D eigenvalue weighted by Gasteiger charge is 2.30. The summed E-state index contributed by atoms with van der Waals surface area (Å²) in [7, 11) is -9.96. The zero-order valence-electron chi connectivity index (χ0n) is 61.4. The van der Waals surface area contributed by atoms with Crippen LogP contribution in [0, 0.1) is 0 Å². The number of phosphoric ester groups is 2. The van der Waals surface area contributed by atoms with Crippen molar-refractivity contribution in [3.63, 3.8) is 0 Å². The lowest BCUT2D eigenvalue weighted by Gasteiger charge is -2.21. The van der Waals surface area contributed by atoms with E-state index in [9.17, 15) is 43.2 Å². The fourth-order valence-corrected chi connectivity index (χ4v) is 11.5. The van der Waals surface area contributed by atoms with E-state index in [0.29, 0.717) is 25.7 Å². The molecule has 19 heteroatoms. The van der Waals surface area contributed by atoms with Gasteiger partial charge in [0.05, 0.1) is 26.4 Å². The summed E-state index contributed by atoms with van der Waals surface area (Å²) < 4.78 is 68.4. The van der Waals surface area contributed by atoms with E-state index in [0.717, 1.165) is 173 Å². The summed E-state index contributed by atoms with van der Waals surface area (Å²) in [5, 5.41) is 10.6. The molecule has 17 nitrogen and oxygen atoms in total. The van der Waals surface area contributed by atoms with Crippen molar-refractivity contribution < 1.29 is 80.2 Å². The molecule has 0 aliphatic heterocycles. The molecule has 0 fully saturated rings. The molecule has 0 aromatic rings. The van der Waals surface area contributed by atoms with E-state index in [1.54, 1.807) is 0 Å². The number of phosphoric acid groups is 2. The standard InChI is InChI=1S/C79H136O17P2/c1-5-9-13-17-21-25-29-32-35-36-39-41-45-48-52-56-60-64-77(82)89-69-74(95-78(83)65-61-57-53-49-43-28-24-20-16-12-8-4)71-93-97(85,86)91-67-73(80)68-92-98(87,88)94-72-75(96-79(84)66-62-58-54-50-46-42-38-34-31-27-23-19-15-11-7-3)70-90-76(81)63-59-55-51-47-44-40-37-33-30-26-22-18-14-10-6-2/h9-10,13-14,21-23,25-27,32-35,37-39,41,73-75,80H,5-8,11-12,15-20,24,28-31,36,40,42-72H2,1-4H3,(H,85,86)(H,87,88)/b13-9-,14-10-,25-21-,26-22-,27-23-,35-32-,37-33-,38-34-,41-39-. The van der Waals surface area contributed by atoms with E-state index >= 15 is 0 Å². The van der Waals surface area contributed by atoms with Gasteiger partial charge in [-0.1, -0.05) is 265 Å². The second-order valence-electron chi connectivity index (χ2n) is 25.2. The number of esters is 4. The normalized spacial score (nSPS) is 14.6. The van der Waals surface area contributed by atoms with Gasteiger partial charge in [0, 0.05) is 25.7 Å². The summed E-state index contributed by atoms with van der Waals surface area (Å²) in [5.41, 5.74) is 0. The van der Waals surface area contributed by atoms with Crippen molar-refractivity contribution in [1.82, 2.24) is 0 Å². The fraction of sp³-hybridized carbons (Fsp3) is 0.722. The number of carbonyl (C=O) groups is 4. The first-order valence-electron chi connectivity index (χ1n) is 38.1. The maximum absolute atomic E-state index is 13.1. The molecule has 0 amide bonds. The lowest BCUT2D eigenvalue weighted by atomic mass is 10.1. The Bertz CT molecular complexity index is 2290. The Kier molecular flexibility index (Phi) is 68.0. The van der Waals surface area contributed by atoms with Crippen LogP contribution in [0.4, 0.5) is 0 Å². The van der Waals surface area contributed by atoms with Gasteiger partial charge in [0.1, 0.15) is 19.3 Å². The molecule has 0 bridgehead atoms. The third-order valence-electron chi connectivity index (χ3n) is 15.7. The highest BCUT2D eigenvalue weighted by atomic mass is 31.2.